The predicted octanol–water partition coefficient (Wildman–Crippen LogP) is 3.13. The fraction of sp³-hybridized carbons (Fsp3) is 0.857. The monoisotopic (exact) mass is 283 g/mol. The summed E-state index contributed by atoms with van der Waals surface area (Å²) in [5.74, 6) is 2.55. The van der Waals surface area contributed by atoms with Crippen LogP contribution in [0.25, 0.3) is 0 Å². The van der Waals surface area contributed by atoms with Gasteiger partial charge in [-0.05, 0) is 25.8 Å². The van der Waals surface area contributed by atoms with E-state index in [4.69, 9.17) is 4.52 Å². The van der Waals surface area contributed by atoms with Crippen LogP contribution in [-0.4, -0.2) is 28.5 Å². The van der Waals surface area contributed by atoms with Gasteiger partial charge in [-0.2, -0.15) is 16.7 Å². The minimum absolute atomic E-state index is 0.0844. The molecule has 1 aliphatic heterocycles. The molecule has 0 spiro atoms. The molecule has 1 saturated heterocycles. The number of aromatic nitrogens is 2. The van der Waals surface area contributed by atoms with Gasteiger partial charge in [0.1, 0.15) is 0 Å². The minimum atomic E-state index is 0.0844. The van der Waals surface area contributed by atoms with Gasteiger partial charge in [-0.1, -0.05) is 32.3 Å². The number of nitrogens with one attached hydrogen (secondary N) is 1. The molecule has 2 rings (SSSR count). The molecule has 0 saturated carbocycles. The van der Waals surface area contributed by atoms with Crippen LogP contribution in [0.1, 0.15) is 58.2 Å². The SMILES string of the molecule is CCCC1(c2nc(CSC(C)CC)no2)CCNC1. The maximum absolute atomic E-state index is 5.56. The highest BCUT2D eigenvalue weighted by atomic mass is 32.2. The molecule has 0 aliphatic carbocycles. The zero-order chi connectivity index (χ0) is 13.7. The Morgan fingerprint density at radius 1 is 1.47 bits per heavy atom. The Hall–Kier alpha value is -0.550. The van der Waals surface area contributed by atoms with Crippen LogP contribution in [0.5, 0.6) is 0 Å². The van der Waals surface area contributed by atoms with E-state index < -0.39 is 0 Å². The number of rotatable bonds is 7. The molecule has 1 aromatic heterocycles. The Morgan fingerprint density at radius 2 is 2.32 bits per heavy atom. The Morgan fingerprint density at radius 3 is 2.95 bits per heavy atom. The van der Waals surface area contributed by atoms with Crippen molar-refractivity contribution in [3.05, 3.63) is 11.7 Å². The summed E-state index contributed by atoms with van der Waals surface area (Å²) in [7, 11) is 0. The van der Waals surface area contributed by atoms with Crippen molar-refractivity contribution in [2.45, 2.75) is 62.9 Å². The molecule has 2 atom stereocenters. The molecule has 1 aliphatic rings. The van der Waals surface area contributed by atoms with Crippen LogP contribution in [0.15, 0.2) is 4.52 Å². The molecule has 1 fully saturated rings. The average molecular weight is 283 g/mol. The van der Waals surface area contributed by atoms with Crippen LogP contribution < -0.4 is 5.32 Å². The standard InChI is InChI=1S/C14H25N3OS/c1-4-6-14(7-8-15-10-14)13-16-12(17-18-13)9-19-11(3)5-2/h11,15H,4-10H2,1-3H3. The summed E-state index contributed by atoms with van der Waals surface area (Å²) < 4.78 is 5.56. The number of nitrogens with zero attached hydrogens (tertiary/aromatic N) is 2. The second kappa shape index (κ2) is 6.75. The lowest BCUT2D eigenvalue weighted by Crippen LogP contribution is -2.29. The third-order valence-corrected chi connectivity index (χ3v) is 5.29. The zero-order valence-corrected chi connectivity index (χ0v) is 13.1. The normalized spacial score (nSPS) is 24.8. The largest absolute Gasteiger partial charge is 0.339 e. The van der Waals surface area contributed by atoms with Gasteiger partial charge in [0.15, 0.2) is 5.82 Å². The number of hydrogen-bond acceptors (Lipinski definition) is 5. The highest BCUT2D eigenvalue weighted by Crippen LogP contribution is 2.34. The van der Waals surface area contributed by atoms with E-state index in [-0.39, 0.29) is 5.41 Å². The molecule has 4 nitrogen and oxygen atoms in total. The summed E-state index contributed by atoms with van der Waals surface area (Å²) in [5.41, 5.74) is 0.0844. The van der Waals surface area contributed by atoms with Gasteiger partial charge in [0.05, 0.1) is 11.2 Å². The Kier molecular flexibility index (Phi) is 5.28. The van der Waals surface area contributed by atoms with Crippen molar-refractivity contribution in [2.24, 2.45) is 0 Å². The Balaban J connectivity index is 2.02. The first-order valence-electron chi connectivity index (χ1n) is 7.35. The summed E-state index contributed by atoms with van der Waals surface area (Å²) in [4.78, 5) is 4.65. The van der Waals surface area contributed by atoms with Crippen molar-refractivity contribution in [1.29, 1.82) is 0 Å². The maximum Gasteiger partial charge on any atom is 0.234 e. The summed E-state index contributed by atoms with van der Waals surface area (Å²) >= 11 is 1.90. The second-order valence-electron chi connectivity index (χ2n) is 5.50. The molecule has 108 valence electrons. The van der Waals surface area contributed by atoms with E-state index in [0.29, 0.717) is 5.25 Å². The van der Waals surface area contributed by atoms with Crippen molar-refractivity contribution >= 4 is 11.8 Å². The van der Waals surface area contributed by atoms with Gasteiger partial charge in [-0.15, -0.1) is 0 Å². The summed E-state index contributed by atoms with van der Waals surface area (Å²) in [6.45, 7) is 8.70. The molecule has 0 amide bonds. The van der Waals surface area contributed by atoms with Gasteiger partial charge in [0.2, 0.25) is 5.89 Å². The van der Waals surface area contributed by atoms with Crippen molar-refractivity contribution < 1.29 is 4.52 Å². The Labute approximate surface area is 120 Å². The Bertz CT molecular complexity index is 388. The quantitative estimate of drug-likeness (QED) is 0.833. The maximum atomic E-state index is 5.56. The van der Waals surface area contributed by atoms with E-state index in [1.54, 1.807) is 0 Å². The number of thioether (sulfide) groups is 1. The first-order chi connectivity index (χ1) is 9.20. The van der Waals surface area contributed by atoms with Gasteiger partial charge in [0.25, 0.3) is 0 Å². The topological polar surface area (TPSA) is 51.0 Å². The van der Waals surface area contributed by atoms with E-state index in [2.05, 4.69) is 36.2 Å². The minimum Gasteiger partial charge on any atom is -0.339 e. The van der Waals surface area contributed by atoms with Gasteiger partial charge >= 0.3 is 0 Å². The molecule has 2 heterocycles. The molecular weight excluding hydrogens is 258 g/mol. The van der Waals surface area contributed by atoms with Gasteiger partial charge < -0.3 is 9.84 Å². The highest BCUT2D eigenvalue weighted by molar-refractivity contribution is 7.99. The smallest absolute Gasteiger partial charge is 0.234 e. The molecule has 0 radical (unpaired) electrons. The third kappa shape index (κ3) is 3.51. The highest BCUT2D eigenvalue weighted by Gasteiger charge is 2.39. The van der Waals surface area contributed by atoms with Gasteiger partial charge in [0, 0.05) is 11.8 Å². The summed E-state index contributed by atoms with van der Waals surface area (Å²) in [6.07, 6.45) is 4.57. The van der Waals surface area contributed by atoms with Crippen molar-refractivity contribution in [2.75, 3.05) is 13.1 Å². The first kappa shape index (κ1) is 14.9. The lowest BCUT2D eigenvalue weighted by Gasteiger charge is -2.22. The van der Waals surface area contributed by atoms with E-state index in [9.17, 15) is 0 Å². The fourth-order valence-corrected chi connectivity index (χ4v) is 3.37. The first-order valence-corrected chi connectivity index (χ1v) is 8.40. The molecule has 0 aromatic carbocycles. The van der Waals surface area contributed by atoms with Crippen LogP contribution in [0.2, 0.25) is 0 Å². The van der Waals surface area contributed by atoms with Gasteiger partial charge in [-0.25, -0.2) is 0 Å². The van der Waals surface area contributed by atoms with Crippen molar-refractivity contribution in [1.82, 2.24) is 15.5 Å². The molecule has 1 aromatic rings. The van der Waals surface area contributed by atoms with Crippen LogP contribution in [0, 0.1) is 0 Å². The molecule has 1 N–H and O–H groups in total. The second-order valence-corrected chi connectivity index (χ2v) is 6.93. The summed E-state index contributed by atoms with van der Waals surface area (Å²) in [6, 6.07) is 0. The van der Waals surface area contributed by atoms with Crippen LogP contribution >= 0.6 is 11.8 Å². The van der Waals surface area contributed by atoms with E-state index in [1.165, 1.54) is 6.42 Å². The van der Waals surface area contributed by atoms with Crippen LogP contribution in [0.4, 0.5) is 0 Å². The van der Waals surface area contributed by atoms with Crippen LogP contribution in [0.3, 0.4) is 0 Å². The average Bonchev–Trinajstić information content (AvgIpc) is 3.05. The van der Waals surface area contributed by atoms with Gasteiger partial charge in [-0.3, -0.25) is 0 Å². The van der Waals surface area contributed by atoms with Crippen molar-refractivity contribution in [3.63, 3.8) is 0 Å². The van der Waals surface area contributed by atoms with E-state index in [0.717, 1.165) is 49.8 Å². The van der Waals surface area contributed by atoms with Crippen molar-refractivity contribution in [3.8, 4) is 0 Å². The molecule has 19 heavy (non-hydrogen) atoms. The van der Waals surface area contributed by atoms with E-state index in [1.807, 2.05) is 11.8 Å². The molecule has 5 heteroatoms. The van der Waals surface area contributed by atoms with Crippen LogP contribution in [-0.2, 0) is 11.2 Å². The molecule has 0 bridgehead atoms. The molecule has 2 unspecified atom stereocenters. The van der Waals surface area contributed by atoms with E-state index >= 15 is 0 Å². The molecular formula is C14H25N3OS. The summed E-state index contributed by atoms with van der Waals surface area (Å²) in [5, 5.41) is 8.24. The number of hydrogen-bond donors (Lipinski definition) is 1. The third-order valence-electron chi connectivity index (χ3n) is 3.97. The zero-order valence-electron chi connectivity index (χ0n) is 12.2. The fourth-order valence-electron chi connectivity index (χ4n) is 2.59. The lowest BCUT2D eigenvalue weighted by atomic mass is 9.82. The predicted molar refractivity (Wildman–Crippen MR) is 79.4 cm³/mol. The lowest BCUT2D eigenvalue weighted by molar-refractivity contribution is 0.276.